The van der Waals surface area contributed by atoms with Crippen LogP contribution in [0.15, 0.2) is 59.6 Å². The van der Waals surface area contributed by atoms with Gasteiger partial charge in [-0.25, -0.2) is 4.99 Å². The Balaban J connectivity index is 1.51. The Labute approximate surface area is 157 Å². The topological polar surface area (TPSA) is 39.7 Å². The molecule has 2 N–H and O–H groups in total. The highest BCUT2D eigenvalue weighted by Crippen LogP contribution is 2.13. The van der Waals surface area contributed by atoms with Crippen LogP contribution in [0.5, 0.6) is 0 Å². The van der Waals surface area contributed by atoms with Crippen molar-refractivity contribution in [2.24, 2.45) is 4.99 Å². The van der Waals surface area contributed by atoms with Crippen LogP contribution in [0.25, 0.3) is 0 Å². The molecular weight excluding hydrogens is 320 g/mol. The van der Waals surface area contributed by atoms with Gasteiger partial charge in [-0.15, -0.1) is 0 Å². The summed E-state index contributed by atoms with van der Waals surface area (Å²) >= 11 is 0. The summed E-state index contributed by atoms with van der Waals surface area (Å²) in [7, 11) is 0. The summed E-state index contributed by atoms with van der Waals surface area (Å²) in [6.07, 6.45) is 2.69. The number of rotatable bonds is 7. The van der Waals surface area contributed by atoms with Gasteiger partial charge in [0.1, 0.15) is 0 Å². The molecule has 26 heavy (non-hydrogen) atoms. The van der Waals surface area contributed by atoms with Crippen molar-refractivity contribution in [2.45, 2.75) is 39.4 Å². The normalized spacial score (nSPS) is 15.2. The van der Waals surface area contributed by atoms with Gasteiger partial charge in [-0.3, -0.25) is 4.90 Å². The van der Waals surface area contributed by atoms with E-state index in [0.29, 0.717) is 6.54 Å². The van der Waals surface area contributed by atoms with Gasteiger partial charge in [-0.1, -0.05) is 54.6 Å². The van der Waals surface area contributed by atoms with Crippen LogP contribution in [0, 0.1) is 0 Å². The molecule has 1 aliphatic heterocycles. The predicted octanol–water partition coefficient (Wildman–Crippen LogP) is 3.54. The smallest absolute Gasteiger partial charge is 0.191 e. The average Bonchev–Trinajstić information content (AvgIpc) is 3.19. The number of hydrogen-bond donors (Lipinski definition) is 2. The summed E-state index contributed by atoms with van der Waals surface area (Å²) < 4.78 is 0. The third-order valence-corrected chi connectivity index (χ3v) is 4.69. The third kappa shape index (κ3) is 5.88. The zero-order valence-corrected chi connectivity index (χ0v) is 15.7. The summed E-state index contributed by atoms with van der Waals surface area (Å²) in [5.41, 5.74) is 3.90. The minimum atomic E-state index is 0.685. The van der Waals surface area contributed by atoms with Gasteiger partial charge in [0, 0.05) is 19.6 Å². The van der Waals surface area contributed by atoms with Crippen LogP contribution in [-0.2, 0) is 19.6 Å². The van der Waals surface area contributed by atoms with Crippen molar-refractivity contribution in [3.63, 3.8) is 0 Å². The van der Waals surface area contributed by atoms with Crippen molar-refractivity contribution in [3.05, 3.63) is 71.3 Å². The lowest BCUT2D eigenvalue weighted by Crippen LogP contribution is -2.36. The van der Waals surface area contributed by atoms with E-state index in [2.05, 4.69) is 76.0 Å². The molecule has 0 atom stereocenters. The molecule has 4 heteroatoms. The molecule has 0 saturated carbocycles. The van der Waals surface area contributed by atoms with Crippen molar-refractivity contribution in [1.29, 1.82) is 0 Å². The highest BCUT2D eigenvalue weighted by molar-refractivity contribution is 5.79. The Kier molecular flexibility index (Phi) is 7.08. The summed E-state index contributed by atoms with van der Waals surface area (Å²) in [6.45, 7) is 7.98. The molecule has 0 spiro atoms. The molecule has 1 heterocycles. The molecule has 0 bridgehead atoms. The average molecular weight is 351 g/mol. The van der Waals surface area contributed by atoms with Crippen molar-refractivity contribution >= 4 is 5.96 Å². The van der Waals surface area contributed by atoms with Crippen LogP contribution in [-0.4, -0.2) is 30.5 Å². The first-order valence-corrected chi connectivity index (χ1v) is 9.70. The second-order valence-corrected chi connectivity index (χ2v) is 6.83. The quantitative estimate of drug-likeness (QED) is 0.593. The first kappa shape index (κ1) is 18.5. The second kappa shape index (κ2) is 9.97. The number of nitrogens with one attached hydrogen (secondary N) is 2. The molecule has 0 radical (unpaired) electrons. The number of hydrogen-bond acceptors (Lipinski definition) is 2. The molecule has 1 fully saturated rings. The third-order valence-electron chi connectivity index (χ3n) is 4.69. The summed E-state index contributed by atoms with van der Waals surface area (Å²) in [4.78, 5) is 7.21. The predicted molar refractivity (Wildman–Crippen MR) is 109 cm³/mol. The summed E-state index contributed by atoms with van der Waals surface area (Å²) in [5.74, 6) is 0.859. The Morgan fingerprint density at radius 2 is 1.58 bits per heavy atom. The van der Waals surface area contributed by atoms with Crippen molar-refractivity contribution in [3.8, 4) is 0 Å². The molecule has 138 valence electrons. The highest BCUT2D eigenvalue weighted by Gasteiger charge is 2.11. The molecular formula is C22H30N4. The van der Waals surface area contributed by atoms with Crippen LogP contribution in [0.2, 0.25) is 0 Å². The maximum Gasteiger partial charge on any atom is 0.191 e. The molecule has 0 unspecified atom stereocenters. The van der Waals surface area contributed by atoms with E-state index in [1.54, 1.807) is 0 Å². The van der Waals surface area contributed by atoms with E-state index < -0.39 is 0 Å². The van der Waals surface area contributed by atoms with E-state index >= 15 is 0 Å². The number of nitrogens with zero attached hydrogens (tertiary/aromatic N) is 2. The Morgan fingerprint density at radius 3 is 2.27 bits per heavy atom. The summed E-state index contributed by atoms with van der Waals surface area (Å²) in [6, 6.07) is 19.3. The molecule has 3 rings (SSSR count). The zero-order chi connectivity index (χ0) is 18.0. The van der Waals surface area contributed by atoms with Crippen molar-refractivity contribution in [1.82, 2.24) is 15.5 Å². The van der Waals surface area contributed by atoms with Gasteiger partial charge in [-0.2, -0.15) is 0 Å². The maximum absolute atomic E-state index is 4.67. The van der Waals surface area contributed by atoms with E-state index in [1.807, 2.05) is 6.07 Å². The molecule has 0 aliphatic carbocycles. The Hall–Kier alpha value is -2.33. The minimum Gasteiger partial charge on any atom is -0.357 e. The molecule has 1 saturated heterocycles. The van der Waals surface area contributed by atoms with Crippen molar-refractivity contribution < 1.29 is 0 Å². The molecule has 4 nitrogen and oxygen atoms in total. The van der Waals surface area contributed by atoms with Gasteiger partial charge in [0.25, 0.3) is 0 Å². The maximum atomic E-state index is 4.67. The van der Waals surface area contributed by atoms with Gasteiger partial charge < -0.3 is 10.6 Å². The van der Waals surface area contributed by atoms with Gasteiger partial charge in [0.05, 0.1) is 6.54 Å². The molecule has 2 aromatic rings. The lowest BCUT2D eigenvalue weighted by molar-refractivity contribution is 0.331. The molecule has 0 amide bonds. The van der Waals surface area contributed by atoms with Crippen LogP contribution < -0.4 is 10.6 Å². The van der Waals surface area contributed by atoms with Gasteiger partial charge in [0.15, 0.2) is 5.96 Å². The Morgan fingerprint density at radius 1 is 0.885 bits per heavy atom. The minimum absolute atomic E-state index is 0.685. The second-order valence-electron chi connectivity index (χ2n) is 6.83. The zero-order valence-electron chi connectivity index (χ0n) is 15.7. The number of guanidine groups is 1. The Bertz CT molecular complexity index is 673. The van der Waals surface area contributed by atoms with E-state index in [4.69, 9.17) is 0 Å². The lowest BCUT2D eigenvalue weighted by atomic mass is 10.1. The molecule has 0 aromatic heterocycles. The van der Waals surface area contributed by atoms with Gasteiger partial charge in [-0.05, 0) is 49.5 Å². The first-order valence-electron chi connectivity index (χ1n) is 9.70. The molecule has 1 aliphatic rings. The standard InChI is InChI=1S/C22H30N4/c1-2-23-22(24-16-19-8-4-3-5-9-19)25-17-20-10-12-21(13-11-20)18-26-14-6-7-15-26/h3-5,8-13H,2,6-7,14-18H2,1H3,(H2,23,24,25). The fourth-order valence-electron chi connectivity index (χ4n) is 3.24. The van der Waals surface area contributed by atoms with Crippen LogP contribution >= 0.6 is 0 Å². The van der Waals surface area contributed by atoms with Gasteiger partial charge in [0.2, 0.25) is 0 Å². The van der Waals surface area contributed by atoms with Crippen LogP contribution in [0.3, 0.4) is 0 Å². The van der Waals surface area contributed by atoms with E-state index in [-0.39, 0.29) is 0 Å². The fraction of sp³-hybridized carbons (Fsp3) is 0.409. The lowest BCUT2D eigenvalue weighted by Gasteiger charge is -2.15. The molecule has 2 aromatic carbocycles. The number of likely N-dealkylation sites (tertiary alicyclic amines) is 1. The number of aliphatic imine (C=N–C) groups is 1. The summed E-state index contributed by atoms with van der Waals surface area (Å²) in [5, 5.41) is 6.74. The highest BCUT2D eigenvalue weighted by atomic mass is 15.2. The largest absolute Gasteiger partial charge is 0.357 e. The monoisotopic (exact) mass is 350 g/mol. The number of benzene rings is 2. The van der Waals surface area contributed by atoms with Crippen LogP contribution in [0.4, 0.5) is 0 Å². The SMILES string of the molecule is CCNC(=NCc1ccccc1)NCc1ccc(CN2CCCC2)cc1. The van der Waals surface area contributed by atoms with Crippen LogP contribution in [0.1, 0.15) is 36.5 Å². The van der Waals surface area contributed by atoms with Gasteiger partial charge >= 0.3 is 0 Å². The van der Waals surface area contributed by atoms with Crippen molar-refractivity contribution in [2.75, 3.05) is 19.6 Å². The first-order chi connectivity index (χ1) is 12.8. The van der Waals surface area contributed by atoms with E-state index in [1.165, 1.54) is 42.6 Å². The fourth-order valence-corrected chi connectivity index (χ4v) is 3.24. The van der Waals surface area contributed by atoms with E-state index in [0.717, 1.165) is 25.6 Å². The van der Waals surface area contributed by atoms with E-state index in [9.17, 15) is 0 Å².